The van der Waals surface area contributed by atoms with Gasteiger partial charge in [0, 0.05) is 45.0 Å². The highest BCUT2D eigenvalue weighted by Gasteiger charge is 2.32. The Labute approximate surface area is 171 Å². The number of ketones is 1. The molecule has 1 amide bonds. The van der Waals surface area contributed by atoms with Gasteiger partial charge < -0.3 is 9.47 Å². The van der Waals surface area contributed by atoms with E-state index in [1.807, 2.05) is 7.05 Å². The second kappa shape index (κ2) is 8.88. The zero-order chi connectivity index (χ0) is 20.2. The van der Waals surface area contributed by atoms with Gasteiger partial charge in [-0.3, -0.25) is 14.3 Å². The van der Waals surface area contributed by atoms with Gasteiger partial charge >= 0.3 is 0 Å². The van der Waals surface area contributed by atoms with E-state index in [4.69, 9.17) is 0 Å². The maximum Gasteiger partial charge on any atom is 0.276 e. The van der Waals surface area contributed by atoms with Gasteiger partial charge in [-0.25, -0.2) is 4.98 Å². The number of hydrogen-bond donors (Lipinski definition) is 0. The lowest BCUT2D eigenvalue weighted by molar-refractivity contribution is 0.0628. The summed E-state index contributed by atoms with van der Waals surface area (Å²) in [6.45, 7) is 1.88. The Morgan fingerprint density at radius 3 is 2.72 bits per heavy atom. The number of nitrogens with zero attached hydrogens (tertiary/aromatic N) is 6. The molecule has 8 nitrogen and oxygen atoms in total. The number of Topliss-reactive ketones (excluding diaryl/α,β-unsaturated/α-hetero) is 1. The van der Waals surface area contributed by atoms with Crippen molar-refractivity contribution in [3.05, 3.63) is 30.1 Å². The van der Waals surface area contributed by atoms with Crippen LogP contribution in [0.15, 0.2) is 18.6 Å². The van der Waals surface area contributed by atoms with Crippen LogP contribution in [-0.4, -0.2) is 54.2 Å². The average Bonchev–Trinajstić information content (AvgIpc) is 3.41. The Bertz CT molecular complexity index is 851. The molecule has 3 heterocycles. The van der Waals surface area contributed by atoms with Crippen LogP contribution >= 0.6 is 0 Å². The number of likely N-dealkylation sites (tertiary alicyclic amines) is 1. The van der Waals surface area contributed by atoms with Crippen LogP contribution in [0.25, 0.3) is 0 Å². The molecular formula is C21H30N6O2. The van der Waals surface area contributed by atoms with E-state index in [1.54, 1.807) is 32.7 Å². The third kappa shape index (κ3) is 4.57. The maximum absolute atomic E-state index is 12.9. The smallest absolute Gasteiger partial charge is 0.276 e. The van der Waals surface area contributed by atoms with Crippen LogP contribution in [0.1, 0.15) is 72.5 Å². The van der Waals surface area contributed by atoms with E-state index < -0.39 is 0 Å². The van der Waals surface area contributed by atoms with Crippen molar-refractivity contribution in [2.45, 2.75) is 57.9 Å². The van der Waals surface area contributed by atoms with E-state index in [0.29, 0.717) is 24.6 Å². The highest BCUT2D eigenvalue weighted by molar-refractivity contribution is 5.96. The number of carbonyl (C=O) groups is 2. The highest BCUT2D eigenvalue weighted by Crippen LogP contribution is 2.26. The molecule has 4 rings (SSSR count). The summed E-state index contributed by atoms with van der Waals surface area (Å²) in [4.78, 5) is 31.6. The Kier molecular flexibility index (Phi) is 6.06. The third-order valence-corrected chi connectivity index (χ3v) is 6.37. The number of carbonyl (C=O) groups excluding carboxylic acids is 2. The number of aromatic nitrogens is 5. The lowest BCUT2D eigenvalue weighted by Gasteiger charge is -2.31. The zero-order valence-electron chi connectivity index (χ0n) is 17.2. The summed E-state index contributed by atoms with van der Waals surface area (Å²) in [5.41, 5.74) is 0.374. The largest absolute Gasteiger partial charge is 0.336 e. The van der Waals surface area contributed by atoms with Crippen molar-refractivity contribution < 1.29 is 9.59 Å². The van der Waals surface area contributed by atoms with E-state index in [9.17, 15) is 9.59 Å². The van der Waals surface area contributed by atoms with Gasteiger partial charge in [-0.15, -0.1) is 5.10 Å². The summed E-state index contributed by atoms with van der Waals surface area (Å²) in [6, 6.07) is 0. The summed E-state index contributed by atoms with van der Waals surface area (Å²) in [7, 11) is 1.82. The van der Waals surface area contributed by atoms with E-state index >= 15 is 0 Å². The fourth-order valence-electron chi connectivity index (χ4n) is 4.62. The Morgan fingerprint density at radius 1 is 1.14 bits per heavy atom. The molecule has 0 aromatic carbocycles. The Balaban J connectivity index is 1.34. The van der Waals surface area contributed by atoms with Crippen LogP contribution in [0.5, 0.6) is 0 Å². The fraction of sp³-hybridized carbons (Fsp3) is 0.667. The lowest BCUT2D eigenvalue weighted by Crippen LogP contribution is -2.42. The average molecular weight is 399 g/mol. The molecule has 1 atom stereocenters. The predicted molar refractivity (Wildman–Crippen MR) is 107 cm³/mol. The molecule has 1 saturated heterocycles. The molecule has 1 aliphatic heterocycles. The Hall–Kier alpha value is -2.51. The number of amides is 1. The van der Waals surface area contributed by atoms with Gasteiger partial charge in [-0.05, 0) is 25.2 Å². The molecule has 156 valence electrons. The van der Waals surface area contributed by atoms with Gasteiger partial charge in [0.25, 0.3) is 5.91 Å². The van der Waals surface area contributed by atoms with Crippen LogP contribution in [0.3, 0.4) is 0 Å². The van der Waals surface area contributed by atoms with Gasteiger partial charge in [-0.1, -0.05) is 37.3 Å². The molecule has 1 aliphatic carbocycles. The first-order valence-electron chi connectivity index (χ1n) is 10.8. The lowest BCUT2D eigenvalue weighted by atomic mass is 9.87. The molecule has 2 fully saturated rings. The topological polar surface area (TPSA) is 85.9 Å². The van der Waals surface area contributed by atoms with Crippen molar-refractivity contribution in [1.82, 2.24) is 29.4 Å². The van der Waals surface area contributed by atoms with Crippen LogP contribution in [0.4, 0.5) is 0 Å². The van der Waals surface area contributed by atoms with Crippen LogP contribution in [0.2, 0.25) is 0 Å². The predicted octanol–water partition coefficient (Wildman–Crippen LogP) is 2.72. The van der Waals surface area contributed by atoms with Gasteiger partial charge in [-0.2, -0.15) is 0 Å². The van der Waals surface area contributed by atoms with E-state index in [0.717, 1.165) is 31.7 Å². The van der Waals surface area contributed by atoms with Crippen LogP contribution in [-0.2, 0) is 13.6 Å². The number of hydrogen-bond acceptors (Lipinski definition) is 5. The van der Waals surface area contributed by atoms with Crippen molar-refractivity contribution in [3.8, 4) is 0 Å². The fourth-order valence-corrected chi connectivity index (χ4v) is 4.62. The van der Waals surface area contributed by atoms with Crippen molar-refractivity contribution in [2.75, 3.05) is 13.1 Å². The van der Waals surface area contributed by atoms with Crippen molar-refractivity contribution in [1.29, 1.82) is 0 Å². The van der Waals surface area contributed by atoms with E-state index in [1.165, 1.54) is 32.1 Å². The standard InChI is InChI=1S/C21H30N6O2/c1-25-13-10-22-20(25)19(28)17-8-5-11-26(14-17)21(29)18-15-27(24-23-18)12-9-16-6-3-2-4-7-16/h10,13,15-17H,2-9,11-12,14H2,1H3. The van der Waals surface area contributed by atoms with Crippen LogP contribution < -0.4 is 0 Å². The van der Waals surface area contributed by atoms with Crippen molar-refractivity contribution in [2.24, 2.45) is 18.9 Å². The SMILES string of the molecule is Cn1ccnc1C(=O)C1CCCN(C(=O)c2cn(CCC3CCCCC3)nn2)C1. The number of rotatable bonds is 6. The zero-order valence-corrected chi connectivity index (χ0v) is 17.2. The Morgan fingerprint density at radius 2 is 1.97 bits per heavy atom. The third-order valence-electron chi connectivity index (χ3n) is 6.37. The first kappa shape index (κ1) is 19.8. The highest BCUT2D eigenvalue weighted by atomic mass is 16.2. The van der Waals surface area contributed by atoms with Gasteiger partial charge in [0.1, 0.15) is 0 Å². The summed E-state index contributed by atoms with van der Waals surface area (Å²) < 4.78 is 3.53. The summed E-state index contributed by atoms with van der Waals surface area (Å²) in [6.07, 6.45) is 14.5. The minimum Gasteiger partial charge on any atom is -0.336 e. The molecule has 1 unspecified atom stereocenters. The number of piperidine rings is 1. The van der Waals surface area contributed by atoms with E-state index in [-0.39, 0.29) is 17.6 Å². The number of imidazole rings is 1. The molecule has 8 heteroatoms. The quantitative estimate of drug-likeness (QED) is 0.699. The second-order valence-corrected chi connectivity index (χ2v) is 8.48. The summed E-state index contributed by atoms with van der Waals surface area (Å²) >= 11 is 0. The monoisotopic (exact) mass is 398 g/mol. The number of aryl methyl sites for hydroxylation is 2. The molecule has 2 aromatic heterocycles. The van der Waals surface area contributed by atoms with E-state index in [2.05, 4.69) is 15.3 Å². The molecule has 0 radical (unpaired) electrons. The van der Waals surface area contributed by atoms with Crippen molar-refractivity contribution >= 4 is 11.7 Å². The molecule has 0 spiro atoms. The molecule has 2 aliphatic rings. The van der Waals surface area contributed by atoms with Gasteiger partial charge in [0.05, 0.1) is 6.20 Å². The summed E-state index contributed by atoms with van der Waals surface area (Å²) in [5.74, 6) is 0.887. The van der Waals surface area contributed by atoms with Crippen LogP contribution in [0, 0.1) is 11.8 Å². The molecule has 0 bridgehead atoms. The van der Waals surface area contributed by atoms with Crippen molar-refractivity contribution in [3.63, 3.8) is 0 Å². The molecule has 29 heavy (non-hydrogen) atoms. The molecule has 1 saturated carbocycles. The minimum atomic E-state index is -0.213. The molecule has 0 N–H and O–H groups in total. The maximum atomic E-state index is 12.9. The van der Waals surface area contributed by atoms with Gasteiger partial charge in [0.2, 0.25) is 5.78 Å². The molecule has 2 aromatic rings. The van der Waals surface area contributed by atoms with Gasteiger partial charge in [0.15, 0.2) is 11.5 Å². The first-order chi connectivity index (χ1) is 14.1. The second-order valence-electron chi connectivity index (χ2n) is 8.48. The molecular weight excluding hydrogens is 368 g/mol. The minimum absolute atomic E-state index is 0.00568. The first-order valence-corrected chi connectivity index (χ1v) is 10.8. The normalized spacial score (nSPS) is 20.7. The summed E-state index contributed by atoms with van der Waals surface area (Å²) in [5, 5.41) is 8.27.